The second-order valence-electron chi connectivity index (χ2n) is 0.224. The van der Waals surface area contributed by atoms with Crippen LogP contribution in [-0.2, 0) is 50.0 Å². The first-order valence-electron chi connectivity index (χ1n) is 0.697. The minimum Gasteiger partial charge on any atom is -0.181 e. The van der Waals surface area contributed by atoms with Crippen LogP contribution in [0.3, 0.4) is 0 Å². The zero-order chi connectivity index (χ0) is 3.41. The van der Waals surface area contributed by atoms with Gasteiger partial charge >= 0.3 is 0 Å². The van der Waals surface area contributed by atoms with E-state index in [4.69, 9.17) is 10.5 Å². The molecule has 0 rings (SSSR count). The molecule has 0 aliphatic carbocycles. The van der Waals surface area contributed by atoms with E-state index < -0.39 is 0 Å². The molecule has 0 spiro atoms. The molecule has 6 heavy (non-hydrogen) atoms. The molecule has 0 bridgehead atoms. The fraction of sp³-hybridized carbons (Fsp3) is 0. The van der Waals surface area contributed by atoms with Crippen LogP contribution < -0.4 is 0 Å². The molecule has 0 saturated carbocycles. The molecule has 0 aromatic carbocycles. The van der Waals surface area contributed by atoms with E-state index in [-0.39, 0.29) is 50.0 Å². The van der Waals surface area contributed by atoms with Crippen LogP contribution in [0.15, 0.2) is 0 Å². The Bertz CT molecular complexity index is 66.5. The van der Waals surface area contributed by atoms with Gasteiger partial charge in [-0.1, -0.05) is 0 Å². The van der Waals surface area contributed by atoms with Crippen molar-refractivity contribution < 1.29 is 50.0 Å². The quantitative estimate of drug-likeness (QED) is 0.490. The Morgan fingerprint density at radius 1 is 1.00 bits per heavy atom. The Balaban J connectivity index is -0.0000000450. The SMILES string of the molecule is N#CC#N.[Au].[Hg]. The van der Waals surface area contributed by atoms with Crippen molar-refractivity contribution in [3.05, 3.63) is 0 Å². The first-order valence-corrected chi connectivity index (χ1v) is 0.697. The summed E-state index contributed by atoms with van der Waals surface area (Å²) in [7, 11) is 0. The van der Waals surface area contributed by atoms with Gasteiger partial charge in [-0.3, -0.25) is 0 Å². The Kier molecular flexibility index (Phi) is 46.2. The van der Waals surface area contributed by atoms with E-state index in [0.717, 1.165) is 0 Å². The third kappa shape index (κ3) is 22.7. The molecular weight excluding hydrogens is 450 g/mol. The van der Waals surface area contributed by atoms with Gasteiger partial charge in [-0.05, 0) is 0 Å². The predicted octanol–water partition coefficient (Wildman–Crippen LogP) is 0.0286. The third-order valence-corrected chi connectivity index (χ3v) is 0.0500. The Morgan fingerprint density at radius 3 is 1.17 bits per heavy atom. The maximum Gasteiger partial charge on any atom is 0.181 e. The normalized spacial score (nSPS) is 1.67. The predicted molar refractivity (Wildman–Crippen MR) is 11.2 cm³/mol. The average molecular weight is 450 g/mol. The van der Waals surface area contributed by atoms with Gasteiger partial charge in [0.05, 0.1) is 0 Å². The molecular formula is C2AuHgN2. The molecule has 0 aliphatic rings. The number of nitriles is 2. The average Bonchev–Trinajstić information content (AvgIpc) is 1.37. The smallest absolute Gasteiger partial charge is 0.181 e. The molecule has 0 saturated heterocycles. The van der Waals surface area contributed by atoms with Gasteiger partial charge in [0.1, 0.15) is 0 Å². The van der Waals surface area contributed by atoms with Gasteiger partial charge in [-0.15, -0.1) is 0 Å². The fourth-order valence-corrected chi connectivity index (χ4v) is 0. The van der Waals surface area contributed by atoms with Gasteiger partial charge in [-0.2, -0.15) is 10.5 Å². The Morgan fingerprint density at radius 2 is 1.17 bits per heavy atom. The van der Waals surface area contributed by atoms with Gasteiger partial charge in [0.2, 0.25) is 0 Å². The van der Waals surface area contributed by atoms with Gasteiger partial charge in [0.15, 0.2) is 12.1 Å². The monoisotopic (exact) mass is 451 g/mol. The second kappa shape index (κ2) is 17.4. The molecule has 31 valence electrons. The van der Waals surface area contributed by atoms with Crippen molar-refractivity contribution in [3.8, 4) is 12.1 Å². The molecule has 0 fully saturated rings. The maximum atomic E-state index is 7.26. The second-order valence-corrected chi connectivity index (χ2v) is 0.224. The largest absolute Gasteiger partial charge is 0.181 e. The standard InChI is InChI=1S/C2N2.Au.Hg/c3-1-2-4;;. The summed E-state index contributed by atoms with van der Waals surface area (Å²) in [6, 6.07) is 2.47. The molecule has 2 nitrogen and oxygen atoms in total. The van der Waals surface area contributed by atoms with E-state index in [0.29, 0.717) is 0 Å². The minimum absolute atomic E-state index is 0. The van der Waals surface area contributed by atoms with Crippen LogP contribution in [0.4, 0.5) is 0 Å². The molecule has 0 unspecified atom stereocenters. The molecule has 4 heteroatoms. The van der Waals surface area contributed by atoms with Crippen molar-refractivity contribution >= 4 is 0 Å². The molecule has 0 aromatic rings. The van der Waals surface area contributed by atoms with Crippen molar-refractivity contribution in [2.24, 2.45) is 0 Å². The van der Waals surface area contributed by atoms with E-state index in [1.165, 1.54) is 12.1 Å². The molecule has 1 radical (unpaired) electrons. The maximum absolute atomic E-state index is 7.26. The van der Waals surface area contributed by atoms with Crippen molar-refractivity contribution in [1.29, 1.82) is 10.5 Å². The molecule has 0 aromatic heterocycles. The van der Waals surface area contributed by atoms with Crippen LogP contribution in [0.5, 0.6) is 0 Å². The van der Waals surface area contributed by atoms with Gasteiger partial charge in [0, 0.05) is 50.0 Å². The zero-order valence-corrected chi connectivity index (χ0v) is 10.6. The van der Waals surface area contributed by atoms with Crippen LogP contribution in [-0.4, -0.2) is 0 Å². The van der Waals surface area contributed by atoms with Crippen LogP contribution in [0, 0.1) is 22.7 Å². The minimum atomic E-state index is 0. The van der Waals surface area contributed by atoms with Gasteiger partial charge in [-0.25, -0.2) is 0 Å². The summed E-state index contributed by atoms with van der Waals surface area (Å²) in [6.45, 7) is 0. The topological polar surface area (TPSA) is 47.6 Å². The van der Waals surface area contributed by atoms with Gasteiger partial charge < -0.3 is 0 Å². The summed E-state index contributed by atoms with van der Waals surface area (Å²) < 4.78 is 0. The summed E-state index contributed by atoms with van der Waals surface area (Å²) in [6.07, 6.45) is 0. The van der Waals surface area contributed by atoms with Crippen LogP contribution >= 0.6 is 0 Å². The summed E-state index contributed by atoms with van der Waals surface area (Å²) >= 11 is 0. The van der Waals surface area contributed by atoms with Crippen LogP contribution in [0.25, 0.3) is 0 Å². The number of hydrogen-bond donors (Lipinski definition) is 0. The molecule has 0 atom stereocenters. The Hall–Kier alpha value is 0.655. The summed E-state index contributed by atoms with van der Waals surface area (Å²) in [4.78, 5) is 0. The fourth-order valence-electron chi connectivity index (χ4n) is 0. The van der Waals surface area contributed by atoms with E-state index in [9.17, 15) is 0 Å². The molecule has 0 N–H and O–H groups in total. The summed E-state index contributed by atoms with van der Waals surface area (Å²) in [5.41, 5.74) is 0. The number of nitrogens with zero attached hydrogens (tertiary/aromatic N) is 2. The van der Waals surface area contributed by atoms with Crippen LogP contribution in [0.1, 0.15) is 0 Å². The van der Waals surface area contributed by atoms with E-state index in [1.807, 2.05) is 0 Å². The summed E-state index contributed by atoms with van der Waals surface area (Å²) in [5, 5.41) is 14.5. The first kappa shape index (κ1) is 15.9. The van der Waals surface area contributed by atoms with E-state index in [1.54, 1.807) is 0 Å². The first-order chi connectivity index (χ1) is 1.91. The van der Waals surface area contributed by atoms with Crippen LogP contribution in [0.2, 0.25) is 0 Å². The molecule has 0 aliphatic heterocycles. The van der Waals surface area contributed by atoms with E-state index in [2.05, 4.69) is 0 Å². The zero-order valence-electron chi connectivity index (χ0n) is 2.90. The molecule has 0 heterocycles. The van der Waals surface area contributed by atoms with Crippen molar-refractivity contribution in [2.75, 3.05) is 0 Å². The van der Waals surface area contributed by atoms with E-state index >= 15 is 0 Å². The Labute approximate surface area is 72.2 Å². The van der Waals surface area contributed by atoms with Crippen molar-refractivity contribution in [1.82, 2.24) is 0 Å². The van der Waals surface area contributed by atoms with Crippen molar-refractivity contribution in [2.45, 2.75) is 0 Å². The van der Waals surface area contributed by atoms with Crippen molar-refractivity contribution in [3.63, 3.8) is 0 Å². The molecule has 0 amide bonds. The number of rotatable bonds is 0. The third-order valence-electron chi connectivity index (χ3n) is 0.0500. The van der Waals surface area contributed by atoms with Gasteiger partial charge in [0.25, 0.3) is 0 Å². The summed E-state index contributed by atoms with van der Waals surface area (Å²) in [5.74, 6) is 0. The number of hydrogen-bond acceptors (Lipinski definition) is 2.